The molecule has 1 N–H and O–H groups in total. The van der Waals surface area contributed by atoms with Crippen LogP contribution in [0.25, 0.3) is 0 Å². The monoisotopic (exact) mass is 301 g/mol. The molecule has 2 nitrogen and oxygen atoms in total. The molecule has 2 aromatic rings. The van der Waals surface area contributed by atoms with E-state index in [4.69, 9.17) is 11.6 Å². The van der Waals surface area contributed by atoms with E-state index in [-0.39, 0.29) is 5.75 Å². The second kappa shape index (κ2) is 6.52. The zero-order valence-electron chi connectivity index (χ0n) is 10.2. The van der Waals surface area contributed by atoms with Crippen molar-refractivity contribution in [3.63, 3.8) is 0 Å². The molecule has 0 aliphatic carbocycles. The fraction of sp³-hybridized carbons (Fsp3) is 0.143. The molecule has 0 fully saturated rings. The third-order valence-corrected chi connectivity index (χ3v) is 2.73. The summed E-state index contributed by atoms with van der Waals surface area (Å²) < 4.78 is 41.3. The Morgan fingerprint density at radius 1 is 1.10 bits per heavy atom. The summed E-state index contributed by atoms with van der Waals surface area (Å²) in [5, 5.41) is 3.29. The molecule has 0 saturated heterocycles. The van der Waals surface area contributed by atoms with Gasteiger partial charge in [-0.2, -0.15) is 8.78 Å². The Hall–Kier alpha value is -1.88. The minimum atomic E-state index is -2.84. The van der Waals surface area contributed by atoms with Gasteiger partial charge >= 0.3 is 6.61 Å². The standard InChI is InChI=1S/C14H11ClF3NO/c15-10-5-11(16)7-12(6-10)19-8-9-1-3-13(4-2-9)20-14(17)18/h1-7,14,19H,8H2. The maximum Gasteiger partial charge on any atom is 0.387 e. The van der Waals surface area contributed by atoms with E-state index in [0.717, 1.165) is 5.56 Å². The third kappa shape index (κ3) is 4.35. The predicted octanol–water partition coefficient (Wildman–Crippen LogP) is 4.69. The molecule has 0 aliphatic rings. The highest BCUT2D eigenvalue weighted by Crippen LogP contribution is 2.20. The van der Waals surface area contributed by atoms with Crippen LogP contribution in [0.2, 0.25) is 5.02 Å². The first-order valence-electron chi connectivity index (χ1n) is 5.76. The highest BCUT2D eigenvalue weighted by Gasteiger charge is 2.04. The summed E-state index contributed by atoms with van der Waals surface area (Å²) in [5.41, 5.74) is 1.38. The van der Waals surface area contributed by atoms with E-state index in [1.54, 1.807) is 18.2 Å². The van der Waals surface area contributed by atoms with Crippen LogP contribution in [-0.4, -0.2) is 6.61 Å². The molecule has 0 heterocycles. The molecule has 20 heavy (non-hydrogen) atoms. The van der Waals surface area contributed by atoms with Gasteiger partial charge in [-0.25, -0.2) is 4.39 Å². The van der Waals surface area contributed by atoms with Crippen molar-refractivity contribution >= 4 is 17.3 Å². The fourth-order valence-corrected chi connectivity index (χ4v) is 1.87. The van der Waals surface area contributed by atoms with Gasteiger partial charge in [0, 0.05) is 17.3 Å². The number of rotatable bonds is 5. The average Bonchev–Trinajstić information content (AvgIpc) is 2.36. The Bertz CT molecular complexity index is 555. The van der Waals surface area contributed by atoms with Crippen LogP contribution in [0.1, 0.15) is 5.56 Å². The van der Waals surface area contributed by atoms with Gasteiger partial charge in [-0.3, -0.25) is 0 Å². The lowest BCUT2D eigenvalue weighted by Gasteiger charge is -2.08. The van der Waals surface area contributed by atoms with Crippen LogP contribution in [0.5, 0.6) is 5.75 Å². The van der Waals surface area contributed by atoms with Gasteiger partial charge in [-0.15, -0.1) is 0 Å². The highest BCUT2D eigenvalue weighted by molar-refractivity contribution is 6.30. The van der Waals surface area contributed by atoms with Crippen molar-refractivity contribution in [3.05, 3.63) is 58.9 Å². The maximum absolute atomic E-state index is 13.1. The Morgan fingerprint density at radius 2 is 1.80 bits per heavy atom. The molecule has 0 amide bonds. The topological polar surface area (TPSA) is 21.3 Å². The van der Waals surface area contributed by atoms with Crippen molar-refractivity contribution < 1.29 is 17.9 Å². The zero-order chi connectivity index (χ0) is 14.5. The van der Waals surface area contributed by atoms with Gasteiger partial charge in [0.1, 0.15) is 11.6 Å². The van der Waals surface area contributed by atoms with Crippen LogP contribution in [0.15, 0.2) is 42.5 Å². The number of benzene rings is 2. The summed E-state index contributed by atoms with van der Waals surface area (Å²) in [6.07, 6.45) is 0. The van der Waals surface area contributed by atoms with E-state index in [1.807, 2.05) is 0 Å². The van der Waals surface area contributed by atoms with Gasteiger partial charge < -0.3 is 10.1 Å². The Labute approximate surface area is 119 Å². The molecule has 0 aliphatic heterocycles. The molecule has 2 rings (SSSR count). The normalized spacial score (nSPS) is 10.7. The molecule has 0 aromatic heterocycles. The molecular weight excluding hydrogens is 291 g/mol. The van der Waals surface area contributed by atoms with Gasteiger partial charge in [0.15, 0.2) is 0 Å². The van der Waals surface area contributed by atoms with E-state index in [2.05, 4.69) is 10.1 Å². The number of halogens is 4. The number of ether oxygens (including phenoxy) is 1. The van der Waals surface area contributed by atoms with Crippen molar-refractivity contribution in [2.45, 2.75) is 13.2 Å². The number of nitrogens with one attached hydrogen (secondary N) is 1. The number of alkyl halides is 2. The number of hydrogen-bond donors (Lipinski definition) is 1. The SMILES string of the molecule is Fc1cc(Cl)cc(NCc2ccc(OC(F)F)cc2)c1. The highest BCUT2D eigenvalue weighted by atomic mass is 35.5. The molecular formula is C14H11ClF3NO. The first-order chi connectivity index (χ1) is 9.52. The third-order valence-electron chi connectivity index (χ3n) is 2.51. The summed E-state index contributed by atoms with van der Waals surface area (Å²) in [6, 6.07) is 10.3. The predicted molar refractivity (Wildman–Crippen MR) is 71.8 cm³/mol. The first-order valence-corrected chi connectivity index (χ1v) is 6.14. The lowest BCUT2D eigenvalue weighted by atomic mass is 10.2. The number of hydrogen-bond acceptors (Lipinski definition) is 2. The van der Waals surface area contributed by atoms with Gasteiger partial charge in [0.2, 0.25) is 0 Å². The summed E-state index contributed by atoms with van der Waals surface area (Å²) in [6.45, 7) is -2.43. The van der Waals surface area contributed by atoms with Crippen molar-refractivity contribution in [1.82, 2.24) is 0 Å². The van der Waals surface area contributed by atoms with E-state index in [1.165, 1.54) is 24.3 Å². The Kier molecular flexibility index (Phi) is 4.74. The Balaban J connectivity index is 1.96. The van der Waals surface area contributed by atoms with Gasteiger partial charge in [0.25, 0.3) is 0 Å². The van der Waals surface area contributed by atoms with E-state index in [0.29, 0.717) is 17.3 Å². The minimum Gasteiger partial charge on any atom is -0.435 e. The summed E-state index contributed by atoms with van der Waals surface area (Å²) >= 11 is 5.73. The van der Waals surface area contributed by atoms with Crippen molar-refractivity contribution in [1.29, 1.82) is 0 Å². The largest absolute Gasteiger partial charge is 0.435 e. The summed E-state index contributed by atoms with van der Waals surface area (Å²) in [5.74, 6) is -0.335. The molecule has 0 radical (unpaired) electrons. The number of anilines is 1. The Morgan fingerprint density at radius 3 is 2.40 bits per heavy atom. The molecule has 0 bridgehead atoms. The molecule has 0 spiro atoms. The van der Waals surface area contributed by atoms with E-state index >= 15 is 0 Å². The molecule has 0 unspecified atom stereocenters. The lowest BCUT2D eigenvalue weighted by molar-refractivity contribution is -0.0498. The van der Waals surface area contributed by atoms with Crippen molar-refractivity contribution in [2.24, 2.45) is 0 Å². The second-order valence-corrected chi connectivity index (χ2v) is 4.47. The molecule has 0 saturated carbocycles. The fourth-order valence-electron chi connectivity index (χ4n) is 1.65. The molecule has 106 valence electrons. The van der Waals surface area contributed by atoms with Crippen LogP contribution < -0.4 is 10.1 Å². The zero-order valence-corrected chi connectivity index (χ0v) is 11.0. The lowest BCUT2D eigenvalue weighted by Crippen LogP contribution is -2.03. The minimum absolute atomic E-state index is 0.0950. The van der Waals surface area contributed by atoms with E-state index < -0.39 is 12.4 Å². The van der Waals surface area contributed by atoms with Gasteiger partial charge in [-0.1, -0.05) is 23.7 Å². The van der Waals surface area contributed by atoms with Crippen LogP contribution in [-0.2, 0) is 6.54 Å². The van der Waals surface area contributed by atoms with Crippen LogP contribution in [0, 0.1) is 5.82 Å². The summed E-state index contributed by atoms with van der Waals surface area (Å²) in [7, 11) is 0. The second-order valence-electron chi connectivity index (χ2n) is 4.03. The van der Waals surface area contributed by atoms with Gasteiger partial charge in [-0.05, 0) is 35.9 Å². The molecule has 0 atom stereocenters. The van der Waals surface area contributed by atoms with Crippen LogP contribution in [0.4, 0.5) is 18.9 Å². The first kappa shape index (κ1) is 14.5. The van der Waals surface area contributed by atoms with E-state index in [9.17, 15) is 13.2 Å². The average molecular weight is 302 g/mol. The van der Waals surface area contributed by atoms with Crippen LogP contribution >= 0.6 is 11.6 Å². The smallest absolute Gasteiger partial charge is 0.387 e. The quantitative estimate of drug-likeness (QED) is 0.865. The van der Waals surface area contributed by atoms with Crippen molar-refractivity contribution in [2.75, 3.05) is 5.32 Å². The molecule has 2 aromatic carbocycles. The maximum atomic E-state index is 13.1. The summed E-state index contributed by atoms with van der Waals surface area (Å²) in [4.78, 5) is 0. The van der Waals surface area contributed by atoms with Gasteiger partial charge in [0.05, 0.1) is 0 Å². The van der Waals surface area contributed by atoms with Crippen LogP contribution in [0.3, 0.4) is 0 Å². The molecule has 6 heteroatoms. The van der Waals surface area contributed by atoms with Crippen molar-refractivity contribution in [3.8, 4) is 5.75 Å².